The molecule has 3 aromatic heterocycles. The van der Waals surface area contributed by atoms with E-state index in [0.29, 0.717) is 18.2 Å². The van der Waals surface area contributed by atoms with Gasteiger partial charge in [0.1, 0.15) is 0 Å². The summed E-state index contributed by atoms with van der Waals surface area (Å²) in [6.07, 6.45) is 7.28. The molecule has 0 aliphatic rings. The minimum Gasteiger partial charge on any atom is -0.353 e. The van der Waals surface area contributed by atoms with E-state index in [4.69, 9.17) is 0 Å². The number of nitrogens with zero attached hydrogens (tertiary/aromatic N) is 5. The van der Waals surface area contributed by atoms with Crippen molar-refractivity contribution >= 4 is 39.9 Å². The van der Waals surface area contributed by atoms with Crippen molar-refractivity contribution in [1.82, 2.24) is 24.7 Å². The second-order valence-corrected chi connectivity index (χ2v) is 11.2. The van der Waals surface area contributed by atoms with Crippen molar-refractivity contribution in [2.75, 3.05) is 11.9 Å². The molecular formula is C19H23IN6OS. The average Bonchev–Trinajstić information content (AvgIpc) is 3.09. The number of hydrogen-bond donors (Lipinski definition) is 1. The molecule has 148 valence electrons. The zero-order chi connectivity index (χ0) is 20.1. The van der Waals surface area contributed by atoms with Crippen LogP contribution in [0.1, 0.15) is 37.1 Å². The smallest absolute Gasteiger partial charge is 0.267 e. The van der Waals surface area contributed by atoms with Crippen LogP contribution in [0.5, 0.6) is 0 Å². The Bertz CT molecular complexity index is 977. The molecule has 28 heavy (non-hydrogen) atoms. The molecule has 0 spiro atoms. The van der Waals surface area contributed by atoms with Gasteiger partial charge in [-0.3, -0.25) is 4.79 Å². The van der Waals surface area contributed by atoms with Gasteiger partial charge >= 0.3 is 0 Å². The second kappa shape index (κ2) is 9.08. The van der Waals surface area contributed by atoms with Gasteiger partial charge in [-0.05, 0) is 32.8 Å². The van der Waals surface area contributed by atoms with Gasteiger partial charge in [-0.2, -0.15) is 5.10 Å². The van der Waals surface area contributed by atoms with Gasteiger partial charge in [-0.25, -0.2) is 19.6 Å². The summed E-state index contributed by atoms with van der Waals surface area (Å²) in [5.74, 6) is 0.579. The first kappa shape index (κ1) is 20.8. The van der Waals surface area contributed by atoms with Gasteiger partial charge in [0.15, 0.2) is 0 Å². The van der Waals surface area contributed by atoms with E-state index in [9.17, 15) is 4.79 Å². The molecule has 3 heterocycles. The molecule has 3 rings (SSSR count). The molecule has 0 amide bonds. The van der Waals surface area contributed by atoms with E-state index in [1.54, 1.807) is 29.8 Å². The SMILES string of the molecule is CCCc1ncc(Cn2nc(-c3cnc(NCC(C)(C)I)nc3)ccc2=O)s1. The Balaban J connectivity index is 1.75. The normalized spacial score (nSPS) is 11.6. The Labute approximate surface area is 181 Å². The summed E-state index contributed by atoms with van der Waals surface area (Å²) in [4.78, 5) is 26.4. The first-order valence-corrected chi connectivity index (χ1v) is 11.0. The van der Waals surface area contributed by atoms with Crippen molar-refractivity contribution in [3.05, 3.63) is 51.0 Å². The lowest BCUT2D eigenvalue weighted by atomic mass is 10.2. The molecule has 0 aromatic carbocycles. The molecule has 0 atom stereocenters. The predicted molar refractivity (Wildman–Crippen MR) is 121 cm³/mol. The highest BCUT2D eigenvalue weighted by Crippen LogP contribution is 2.19. The van der Waals surface area contributed by atoms with Crippen molar-refractivity contribution in [1.29, 1.82) is 0 Å². The van der Waals surface area contributed by atoms with Crippen LogP contribution in [0.2, 0.25) is 0 Å². The van der Waals surface area contributed by atoms with Crippen LogP contribution in [0.4, 0.5) is 5.95 Å². The number of alkyl halides is 1. The highest BCUT2D eigenvalue weighted by Gasteiger charge is 2.13. The highest BCUT2D eigenvalue weighted by molar-refractivity contribution is 14.1. The van der Waals surface area contributed by atoms with Crippen LogP contribution in [0, 0.1) is 0 Å². The van der Waals surface area contributed by atoms with Crippen LogP contribution < -0.4 is 10.9 Å². The Morgan fingerprint density at radius 3 is 2.61 bits per heavy atom. The third kappa shape index (κ3) is 5.81. The Hall–Kier alpha value is -1.88. The minimum atomic E-state index is -0.141. The van der Waals surface area contributed by atoms with Gasteiger partial charge in [0.05, 0.1) is 17.2 Å². The first-order valence-electron chi connectivity index (χ1n) is 9.11. The van der Waals surface area contributed by atoms with Crippen LogP contribution in [-0.2, 0) is 13.0 Å². The predicted octanol–water partition coefficient (Wildman–Crippen LogP) is 3.78. The van der Waals surface area contributed by atoms with Gasteiger partial charge in [0.25, 0.3) is 5.56 Å². The van der Waals surface area contributed by atoms with Gasteiger partial charge in [-0.1, -0.05) is 29.5 Å². The fourth-order valence-corrected chi connectivity index (χ4v) is 3.65. The molecule has 0 saturated carbocycles. The highest BCUT2D eigenvalue weighted by atomic mass is 127. The Kier molecular flexibility index (Phi) is 6.76. The molecule has 0 unspecified atom stereocenters. The van der Waals surface area contributed by atoms with E-state index < -0.39 is 0 Å². The molecule has 0 aliphatic heterocycles. The lowest BCUT2D eigenvalue weighted by Gasteiger charge is -2.16. The van der Waals surface area contributed by atoms with E-state index in [2.05, 4.69) is 68.7 Å². The maximum atomic E-state index is 12.2. The Morgan fingerprint density at radius 1 is 1.18 bits per heavy atom. The molecule has 9 heteroatoms. The molecule has 0 aliphatic carbocycles. The third-order valence-electron chi connectivity index (χ3n) is 3.85. The number of halogens is 1. The fourth-order valence-electron chi connectivity index (χ4n) is 2.46. The molecular weight excluding hydrogens is 487 g/mol. The first-order chi connectivity index (χ1) is 13.3. The van der Waals surface area contributed by atoms with Crippen molar-refractivity contribution < 1.29 is 0 Å². The number of rotatable bonds is 8. The van der Waals surface area contributed by atoms with Gasteiger partial charge in [0, 0.05) is 45.1 Å². The second-order valence-electron chi connectivity index (χ2n) is 7.05. The van der Waals surface area contributed by atoms with Gasteiger partial charge in [-0.15, -0.1) is 11.3 Å². The van der Waals surface area contributed by atoms with Crippen LogP contribution in [-0.4, -0.2) is 34.7 Å². The largest absolute Gasteiger partial charge is 0.353 e. The van der Waals surface area contributed by atoms with E-state index in [1.165, 1.54) is 10.7 Å². The number of thiazole rings is 1. The zero-order valence-electron chi connectivity index (χ0n) is 16.1. The summed E-state index contributed by atoms with van der Waals surface area (Å²) >= 11 is 4.00. The summed E-state index contributed by atoms with van der Waals surface area (Å²) < 4.78 is 1.58. The van der Waals surface area contributed by atoms with Crippen molar-refractivity contribution in [3.63, 3.8) is 0 Å². The van der Waals surface area contributed by atoms with Crippen molar-refractivity contribution in [3.8, 4) is 11.3 Å². The van der Waals surface area contributed by atoms with Gasteiger partial charge in [0.2, 0.25) is 5.95 Å². The number of hydrogen-bond acceptors (Lipinski definition) is 7. The molecule has 0 bridgehead atoms. The number of aromatic nitrogens is 5. The summed E-state index contributed by atoms with van der Waals surface area (Å²) in [7, 11) is 0. The lowest BCUT2D eigenvalue weighted by Crippen LogP contribution is -2.23. The summed E-state index contributed by atoms with van der Waals surface area (Å²) in [5.41, 5.74) is 1.29. The minimum absolute atomic E-state index is 0.116. The maximum absolute atomic E-state index is 12.2. The van der Waals surface area contributed by atoms with E-state index >= 15 is 0 Å². The van der Waals surface area contributed by atoms with Crippen LogP contribution in [0.3, 0.4) is 0 Å². The quantitative estimate of drug-likeness (QED) is 0.367. The molecule has 7 nitrogen and oxygen atoms in total. The van der Waals surface area contributed by atoms with Crippen molar-refractivity contribution in [2.45, 2.75) is 43.6 Å². The van der Waals surface area contributed by atoms with E-state index in [-0.39, 0.29) is 8.98 Å². The molecule has 0 radical (unpaired) electrons. The summed E-state index contributed by atoms with van der Waals surface area (Å²) in [6, 6.07) is 3.23. The lowest BCUT2D eigenvalue weighted by molar-refractivity contribution is 0.648. The molecule has 3 aromatic rings. The van der Waals surface area contributed by atoms with Crippen LogP contribution in [0.15, 0.2) is 35.5 Å². The van der Waals surface area contributed by atoms with E-state index in [1.807, 2.05) is 6.20 Å². The standard InChI is InChI=1S/C19H23IN6OS/c1-4-5-16-21-10-14(28-16)11-26-17(27)7-6-15(25-26)13-8-22-18(23-9-13)24-12-19(2,3)20/h6-10H,4-5,11-12H2,1-3H3,(H,22,23,24). The average molecular weight is 510 g/mol. The molecule has 0 saturated heterocycles. The topological polar surface area (TPSA) is 85.6 Å². The fraction of sp³-hybridized carbons (Fsp3) is 0.421. The monoisotopic (exact) mass is 510 g/mol. The van der Waals surface area contributed by atoms with Gasteiger partial charge < -0.3 is 5.32 Å². The van der Waals surface area contributed by atoms with Crippen molar-refractivity contribution in [2.24, 2.45) is 0 Å². The Morgan fingerprint density at radius 2 is 1.93 bits per heavy atom. The summed E-state index contributed by atoms with van der Waals surface area (Å²) in [6.45, 7) is 7.58. The maximum Gasteiger partial charge on any atom is 0.267 e. The number of nitrogens with one attached hydrogen (secondary N) is 1. The van der Waals surface area contributed by atoms with Crippen LogP contribution in [0.25, 0.3) is 11.3 Å². The number of aryl methyl sites for hydroxylation is 1. The third-order valence-corrected chi connectivity index (χ3v) is 5.28. The summed E-state index contributed by atoms with van der Waals surface area (Å²) in [5, 5.41) is 8.80. The number of anilines is 1. The molecule has 0 fully saturated rings. The molecule has 1 N–H and O–H groups in total. The van der Waals surface area contributed by atoms with E-state index in [0.717, 1.165) is 34.8 Å². The zero-order valence-corrected chi connectivity index (χ0v) is 19.1. The van der Waals surface area contributed by atoms with Crippen LogP contribution >= 0.6 is 33.9 Å².